The summed E-state index contributed by atoms with van der Waals surface area (Å²) >= 11 is 0. The summed E-state index contributed by atoms with van der Waals surface area (Å²) in [4.78, 5) is 18.5. The van der Waals surface area contributed by atoms with E-state index >= 15 is 0 Å². The van der Waals surface area contributed by atoms with Crippen LogP contribution in [0.5, 0.6) is 0 Å². The van der Waals surface area contributed by atoms with Crippen molar-refractivity contribution < 1.29 is 22.7 Å². The van der Waals surface area contributed by atoms with Gasteiger partial charge in [-0.15, -0.1) is 0 Å². The molecule has 9 heteroatoms. The molecular weight excluding hydrogens is 409 g/mol. The van der Waals surface area contributed by atoms with Gasteiger partial charge >= 0.3 is 12.3 Å². The second kappa shape index (κ2) is 8.31. The predicted molar refractivity (Wildman–Crippen MR) is 109 cm³/mol. The maximum atomic E-state index is 13.0. The third kappa shape index (κ3) is 4.23. The lowest BCUT2D eigenvalue weighted by Gasteiger charge is -2.38. The number of rotatable bonds is 2. The summed E-state index contributed by atoms with van der Waals surface area (Å²) in [5, 5.41) is 4.80. The van der Waals surface area contributed by atoms with Crippen molar-refractivity contribution in [1.82, 2.24) is 19.5 Å². The number of alkyl halides is 3. The fourth-order valence-corrected chi connectivity index (χ4v) is 5.24. The van der Waals surface area contributed by atoms with Crippen LogP contribution in [0, 0.1) is 12.8 Å². The number of nitrogens with zero attached hydrogens (tertiary/aromatic N) is 4. The quantitative estimate of drug-likeness (QED) is 0.646. The minimum atomic E-state index is -4.11. The molecule has 1 aliphatic heterocycles. The van der Waals surface area contributed by atoms with Crippen molar-refractivity contribution in [2.24, 2.45) is 5.92 Å². The van der Waals surface area contributed by atoms with Gasteiger partial charge in [0.15, 0.2) is 5.65 Å². The average Bonchev–Trinajstić information content (AvgIpc) is 3.16. The molecule has 2 aromatic rings. The number of carbonyl (C=O) groups excluding carboxylic acids is 1. The first-order valence-electron chi connectivity index (χ1n) is 11.0. The van der Waals surface area contributed by atoms with Crippen molar-refractivity contribution in [3.8, 4) is 0 Å². The van der Waals surface area contributed by atoms with E-state index < -0.39 is 12.1 Å². The average molecular weight is 438 g/mol. The van der Waals surface area contributed by atoms with Crippen LogP contribution in [0.3, 0.4) is 0 Å². The number of likely N-dealkylation sites (tertiary alicyclic amines) is 1. The first-order chi connectivity index (χ1) is 14.7. The van der Waals surface area contributed by atoms with E-state index in [0.717, 1.165) is 29.9 Å². The monoisotopic (exact) mass is 438 g/mol. The summed E-state index contributed by atoms with van der Waals surface area (Å²) in [6.45, 7) is 4.60. The van der Waals surface area contributed by atoms with Crippen molar-refractivity contribution in [3.63, 3.8) is 0 Å². The Morgan fingerprint density at radius 1 is 1.16 bits per heavy atom. The van der Waals surface area contributed by atoms with Gasteiger partial charge in [0.25, 0.3) is 0 Å². The fourth-order valence-electron chi connectivity index (χ4n) is 5.24. The van der Waals surface area contributed by atoms with Crippen LogP contribution in [-0.2, 0) is 4.74 Å². The number of ether oxygens (including phenoxy) is 1. The number of halogens is 3. The number of aryl methyl sites for hydroxylation is 1. The van der Waals surface area contributed by atoms with Crippen LogP contribution in [0.2, 0.25) is 0 Å². The van der Waals surface area contributed by atoms with E-state index in [1.54, 1.807) is 4.90 Å². The molecule has 1 saturated heterocycles. The van der Waals surface area contributed by atoms with Crippen LogP contribution in [-0.4, -0.2) is 51.5 Å². The first-order valence-corrected chi connectivity index (χ1v) is 11.0. The SMILES string of the molecule is COC(=O)N1CCC[C@@H](c2cc(C)nc3cc([C@H]4CC[C@H](C(F)(F)F)CC4)nn23)[C@H]1C. The van der Waals surface area contributed by atoms with Crippen LogP contribution in [0.15, 0.2) is 12.1 Å². The maximum Gasteiger partial charge on any atom is 0.409 e. The Hall–Kier alpha value is -2.32. The molecule has 1 saturated carbocycles. The molecule has 31 heavy (non-hydrogen) atoms. The number of fused-ring (bicyclic) bond motifs is 1. The van der Waals surface area contributed by atoms with Crippen molar-refractivity contribution in [3.05, 3.63) is 29.2 Å². The van der Waals surface area contributed by atoms with Crippen LogP contribution in [0.1, 0.15) is 74.4 Å². The van der Waals surface area contributed by atoms with Gasteiger partial charge in [0.1, 0.15) is 0 Å². The van der Waals surface area contributed by atoms with E-state index in [0.29, 0.717) is 25.0 Å². The van der Waals surface area contributed by atoms with Gasteiger partial charge in [-0.1, -0.05) is 0 Å². The van der Waals surface area contributed by atoms with Gasteiger partial charge in [0.05, 0.1) is 24.4 Å². The largest absolute Gasteiger partial charge is 0.453 e. The molecule has 0 radical (unpaired) electrons. The van der Waals surface area contributed by atoms with E-state index in [4.69, 9.17) is 9.84 Å². The molecule has 2 fully saturated rings. The number of carbonyl (C=O) groups is 1. The summed E-state index contributed by atoms with van der Waals surface area (Å²) in [5.41, 5.74) is 3.37. The Balaban J connectivity index is 1.62. The second-order valence-corrected chi connectivity index (χ2v) is 8.90. The molecule has 3 heterocycles. The van der Waals surface area contributed by atoms with Gasteiger partial charge in [-0.3, -0.25) is 0 Å². The number of methoxy groups -OCH3 is 1. The summed E-state index contributed by atoms with van der Waals surface area (Å²) in [7, 11) is 1.39. The molecule has 0 spiro atoms. The lowest BCUT2D eigenvalue weighted by atomic mass is 9.80. The molecule has 170 valence electrons. The summed E-state index contributed by atoms with van der Waals surface area (Å²) in [5.74, 6) is -1.11. The maximum absolute atomic E-state index is 13.0. The summed E-state index contributed by atoms with van der Waals surface area (Å²) in [6, 6.07) is 3.87. The highest BCUT2D eigenvalue weighted by molar-refractivity contribution is 5.68. The number of amides is 1. The molecule has 4 rings (SSSR count). The molecule has 1 aliphatic carbocycles. The number of hydrogen-bond donors (Lipinski definition) is 0. The van der Waals surface area contributed by atoms with Gasteiger partial charge in [0, 0.05) is 36.2 Å². The van der Waals surface area contributed by atoms with Crippen LogP contribution in [0.25, 0.3) is 5.65 Å². The molecular formula is C22H29F3N4O2. The predicted octanol–water partition coefficient (Wildman–Crippen LogP) is 5.21. The van der Waals surface area contributed by atoms with E-state index in [2.05, 4.69) is 4.98 Å². The molecule has 0 aromatic carbocycles. The highest BCUT2D eigenvalue weighted by Crippen LogP contribution is 2.43. The third-order valence-electron chi connectivity index (χ3n) is 6.99. The molecule has 1 amide bonds. The first kappa shape index (κ1) is 21.9. The van der Waals surface area contributed by atoms with E-state index in [1.165, 1.54) is 7.11 Å². The van der Waals surface area contributed by atoms with Crippen molar-refractivity contribution in [2.45, 2.75) is 76.4 Å². The van der Waals surface area contributed by atoms with Gasteiger partial charge in [0.2, 0.25) is 0 Å². The van der Waals surface area contributed by atoms with Gasteiger partial charge in [-0.25, -0.2) is 14.3 Å². The molecule has 0 unspecified atom stereocenters. The molecule has 0 N–H and O–H groups in total. The van der Waals surface area contributed by atoms with Crippen LogP contribution in [0.4, 0.5) is 18.0 Å². The van der Waals surface area contributed by atoms with E-state index in [9.17, 15) is 18.0 Å². The van der Waals surface area contributed by atoms with Crippen molar-refractivity contribution in [2.75, 3.05) is 13.7 Å². The Kier molecular flexibility index (Phi) is 5.87. The minimum absolute atomic E-state index is 0.0174. The normalized spacial score (nSPS) is 27.5. The Bertz CT molecular complexity index is 950. The van der Waals surface area contributed by atoms with E-state index in [-0.39, 0.29) is 36.8 Å². The third-order valence-corrected chi connectivity index (χ3v) is 6.99. The Labute approximate surface area is 179 Å². The number of aromatic nitrogens is 3. The standard InChI is InChI=1S/C22H29F3N4O2/c1-13-11-19(17-5-4-10-28(14(17)2)21(30)31-3)29-20(26-13)12-18(27-29)15-6-8-16(9-7-15)22(23,24)25/h11-12,14-17H,4-10H2,1-3H3/t14-,15-,16-,17-/m1/s1. The molecule has 2 aliphatic rings. The highest BCUT2D eigenvalue weighted by Gasteiger charge is 2.42. The zero-order valence-corrected chi connectivity index (χ0v) is 18.2. The Morgan fingerprint density at radius 3 is 2.52 bits per heavy atom. The van der Waals surface area contributed by atoms with Gasteiger partial charge < -0.3 is 9.64 Å². The van der Waals surface area contributed by atoms with Gasteiger partial charge in [-0.05, 0) is 58.4 Å². The second-order valence-electron chi connectivity index (χ2n) is 8.90. The smallest absolute Gasteiger partial charge is 0.409 e. The van der Waals surface area contributed by atoms with Crippen molar-refractivity contribution in [1.29, 1.82) is 0 Å². The Morgan fingerprint density at radius 2 is 1.87 bits per heavy atom. The molecule has 2 aromatic heterocycles. The van der Waals surface area contributed by atoms with Crippen LogP contribution < -0.4 is 0 Å². The molecule has 2 atom stereocenters. The van der Waals surface area contributed by atoms with Crippen LogP contribution >= 0.6 is 0 Å². The number of piperidine rings is 1. The zero-order valence-electron chi connectivity index (χ0n) is 18.2. The lowest BCUT2D eigenvalue weighted by molar-refractivity contribution is -0.182. The van der Waals surface area contributed by atoms with E-state index in [1.807, 2.05) is 30.5 Å². The lowest BCUT2D eigenvalue weighted by Crippen LogP contribution is -2.46. The van der Waals surface area contributed by atoms with Crippen molar-refractivity contribution >= 4 is 11.7 Å². The molecule has 6 nitrogen and oxygen atoms in total. The summed E-state index contributed by atoms with van der Waals surface area (Å²) < 4.78 is 45.9. The zero-order chi connectivity index (χ0) is 22.3. The molecule has 0 bridgehead atoms. The number of hydrogen-bond acceptors (Lipinski definition) is 4. The topological polar surface area (TPSA) is 59.7 Å². The highest BCUT2D eigenvalue weighted by atomic mass is 19.4. The minimum Gasteiger partial charge on any atom is -0.453 e. The summed E-state index contributed by atoms with van der Waals surface area (Å²) in [6.07, 6.45) is -1.40. The van der Waals surface area contributed by atoms with Gasteiger partial charge in [-0.2, -0.15) is 18.3 Å². The fraction of sp³-hybridized carbons (Fsp3) is 0.682.